The van der Waals surface area contributed by atoms with Gasteiger partial charge < -0.3 is 0 Å². The molecule has 0 saturated carbocycles. The number of ketones is 1. The number of halogens is 1. The van der Waals surface area contributed by atoms with Crippen molar-refractivity contribution in [3.8, 4) is 0 Å². The number of rotatable bonds is 6. The van der Waals surface area contributed by atoms with Crippen LogP contribution in [0.15, 0.2) is 60.7 Å². The normalized spacial score (nSPS) is 11.5. The lowest BCUT2D eigenvalue weighted by Crippen LogP contribution is -2.17. The van der Waals surface area contributed by atoms with Crippen molar-refractivity contribution in [2.75, 3.05) is 0 Å². The van der Waals surface area contributed by atoms with Crippen LogP contribution in [0, 0.1) is 17.7 Å². The van der Waals surface area contributed by atoms with Gasteiger partial charge in [0, 0.05) is 5.56 Å². The van der Waals surface area contributed by atoms with E-state index in [0.717, 1.165) is 11.5 Å². The zero-order valence-corrected chi connectivity index (χ0v) is 12.9. The third-order valence-electron chi connectivity index (χ3n) is 3.54. The highest BCUT2D eigenvalue weighted by molar-refractivity contribution is 6.06. The molecule has 2 rings (SSSR count). The molecule has 2 heteroatoms. The van der Waals surface area contributed by atoms with Crippen LogP contribution in [-0.4, -0.2) is 5.78 Å². The van der Waals surface area contributed by atoms with E-state index in [2.05, 4.69) is 0 Å². The SMILES string of the molecule is CC(C)[C](C/C=C/c1ccccc1)C(=O)c1ccc(F)cc1. The molecule has 0 N–H and O–H groups in total. The van der Waals surface area contributed by atoms with Gasteiger partial charge in [0.2, 0.25) is 0 Å². The second-order valence-corrected chi connectivity index (χ2v) is 5.53. The van der Waals surface area contributed by atoms with Crippen molar-refractivity contribution in [2.45, 2.75) is 20.3 Å². The van der Waals surface area contributed by atoms with E-state index in [9.17, 15) is 9.18 Å². The van der Waals surface area contributed by atoms with Gasteiger partial charge in [0.1, 0.15) is 5.82 Å². The fourth-order valence-electron chi connectivity index (χ4n) is 2.26. The van der Waals surface area contributed by atoms with Crippen LogP contribution in [0.3, 0.4) is 0 Å². The van der Waals surface area contributed by atoms with E-state index in [1.807, 2.05) is 56.3 Å². The molecule has 0 unspecified atom stereocenters. The van der Waals surface area contributed by atoms with Gasteiger partial charge in [0.05, 0.1) is 5.92 Å². The van der Waals surface area contributed by atoms with Crippen molar-refractivity contribution >= 4 is 11.9 Å². The maximum atomic E-state index is 13.0. The summed E-state index contributed by atoms with van der Waals surface area (Å²) >= 11 is 0. The largest absolute Gasteiger partial charge is 0.293 e. The molecule has 0 aromatic heterocycles. The van der Waals surface area contributed by atoms with Crippen molar-refractivity contribution in [2.24, 2.45) is 5.92 Å². The van der Waals surface area contributed by atoms with Crippen LogP contribution in [0.2, 0.25) is 0 Å². The summed E-state index contributed by atoms with van der Waals surface area (Å²) in [5.74, 6) is 0.649. The van der Waals surface area contributed by atoms with Gasteiger partial charge >= 0.3 is 0 Å². The molecule has 2 aromatic carbocycles. The fraction of sp³-hybridized carbons (Fsp3) is 0.200. The molecule has 2 aromatic rings. The summed E-state index contributed by atoms with van der Waals surface area (Å²) in [7, 11) is 0. The maximum absolute atomic E-state index is 13.0. The molecule has 1 radical (unpaired) electrons. The Kier molecular flexibility index (Phi) is 5.65. The van der Waals surface area contributed by atoms with E-state index in [-0.39, 0.29) is 17.5 Å². The second kappa shape index (κ2) is 7.69. The molecule has 0 heterocycles. The van der Waals surface area contributed by atoms with Crippen LogP contribution >= 0.6 is 0 Å². The van der Waals surface area contributed by atoms with Crippen LogP contribution in [0.4, 0.5) is 4.39 Å². The first kappa shape index (κ1) is 16.2. The number of benzene rings is 2. The Morgan fingerprint density at radius 2 is 1.68 bits per heavy atom. The van der Waals surface area contributed by atoms with Gasteiger partial charge in [-0.05, 0) is 42.2 Å². The predicted molar refractivity (Wildman–Crippen MR) is 88.9 cm³/mol. The minimum Gasteiger partial charge on any atom is -0.293 e. The van der Waals surface area contributed by atoms with Gasteiger partial charge in [-0.15, -0.1) is 0 Å². The third kappa shape index (κ3) is 4.39. The molecule has 0 bridgehead atoms. The summed E-state index contributed by atoms with van der Waals surface area (Å²) in [5.41, 5.74) is 1.65. The Morgan fingerprint density at radius 3 is 2.27 bits per heavy atom. The summed E-state index contributed by atoms with van der Waals surface area (Å²) < 4.78 is 13.0. The van der Waals surface area contributed by atoms with Crippen LogP contribution < -0.4 is 0 Å². The lowest BCUT2D eigenvalue weighted by Gasteiger charge is -2.17. The molecule has 0 aliphatic carbocycles. The van der Waals surface area contributed by atoms with Gasteiger partial charge in [-0.25, -0.2) is 4.39 Å². The second-order valence-electron chi connectivity index (χ2n) is 5.53. The van der Waals surface area contributed by atoms with Crippen LogP contribution in [0.25, 0.3) is 6.08 Å². The molecule has 22 heavy (non-hydrogen) atoms. The van der Waals surface area contributed by atoms with E-state index in [1.54, 1.807) is 12.1 Å². The minimum absolute atomic E-state index is 0.00675. The molecular weight excluding hydrogens is 275 g/mol. The molecule has 113 valence electrons. The first-order valence-electron chi connectivity index (χ1n) is 7.45. The highest BCUT2D eigenvalue weighted by Crippen LogP contribution is 2.24. The van der Waals surface area contributed by atoms with Gasteiger partial charge in [0.15, 0.2) is 5.78 Å². The predicted octanol–water partition coefficient (Wildman–Crippen LogP) is 5.34. The Labute approximate surface area is 131 Å². The van der Waals surface area contributed by atoms with Crippen molar-refractivity contribution in [1.82, 2.24) is 0 Å². The Balaban J connectivity index is 2.08. The topological polar surface area (TPSA) is 17.1 Å². The smallest absolute Gasteiger partial charge is 0.170 e. The van der Waals surface area contributed by atoms with E-state index in [4.69, 9.17) is 0 Å². The number of carbonyl (C=O) groups excluding carboxylic acids is 1. The monoisotopic (exact) mass is 295 g/mol. The maximum Gasteiger partial charge on any atom is 0.170 e. The highest BCUT2D eigenvalue weighted by Gasteiger charge is 2.23. The van der Waals surface area contributed by atoms with E-state index < -0.39 is 0 Å². The van der Waals surface area contributed by atoms with Crippen LogP contribution in [0.5, 0.6) is 0 Å². The first-order chi connectivity index (χ1) is 10.6. The van der Waals surface area contributed by atoms with Gasteiger partial charge in [-0.2, -0.15) is 0 Å². The Hall–Kier alpha value is -2.22. The summed E-state index contributed by atoms with van der Waals surface area (Å²) in [6.07, 6.45) is 4.62. The number of allylic oxidation sites excluding steroid dienone is 1. The minimum atomic E-state index is -0.327. The van der Waals surface area contributed by atoms with Gasteiger partial charge in [-0.1, -0.05) is 56.3 Å². The quantitative estimate of drug-likeness (QED) is 0.657. The average Bonchev–Trinajstić information content (AvgIpc) is 2.52. The number of hydrogen-bond acceptors (Lipinski definition) is 1. The zero-order chi connectivity index (χ0) is 15.9. The van der Waals surface area contributed by atoms with Crippen LogP contribution in [0.1, 0.15) is 36.2 Å². The summed E-state index contributed by atoms with van der Waals surface area (Å²) in [6.45, 7) is 4.01. The van der Waals surface area contributed by atoms with Crippen molar-refractivity contribution in [1.29, 1.82) is 0 Å². The summed E-state index contributed by atoms with van der Waals surface area (Å²) in [4.78, 5) is 12.5. The highest BCUT2D eigenvalue weighted by atomic mass is 19.1. The lowest BCUT2D eigenvalue weighted by molar-refractivity contribution is 0.0989. The number of Topliss-reactive ketones (excluding diaryl/α,β-unsaturated/α-hetero) is 1. The lowest BCUT2D eigenvalue weighted by atomic mass is 9.85. The van der Waals surface area contributed by atoms with Crippen molar-refractivity contribution < 1.29 is 9.18 Å². The molecule has 0 fully saturated rings. The molecule has 0 aliphatic heterocycles. The average molecular weight is 295 g/mol. The fourth-order valence-corrected chi connectivity index (χ4v) is 2.26. The molecule has 0 saturated heterocycles. The van der Waals surface area contributed by atoms with Crippen LogP contribution in [-0.2, 0) is 0 Å². The van der Waals surface area contributed by atoms with Gasteiger partial charge in [-0.3, -0.25) is 4.79 Å². The zero-order valence-electron chi connectivity index (χ0n) is 12.9. The molecule has 0 aliphatic rings. The van der Waals surface area contributed by atoms with E-state index in [1.165, 1.54) is 12.1 Å². The van der Waals surface area contributed by atoms with Crippen molar-refractivity contribution in [3.05, 3.63) is 83.5 Å². The van der Waals surface area contributed by atoms with Crippen molar-refractivity contribution in [3.63, 3.8) is 0 Å². The molecule has 0 amide bonds. The number of carbonyl (C=O) groups is 1. The first-order valence-corrected chi connectivity index (χ1v) is 7.45. The molecule has 0 spiro atoms. The number of hydrogen-bond donors (Lipinski definition) is 0. The molecular formula is C20H20FO. The third-order valence-corrected chi connectivity index (χ3v) is 3.54. The molecule has 1 nitrogen and oxygen atoms in total. The standard InChI is InChI=1S/C20H20FO/c1-15(2)19(10-6-9-16-7-4-3-5-8-16)20(22)17-11-13-18(21)14-12-17/h3-9,11-15H,10H2,1-2H3/b9-6+. The summed E-state index contributed by atoms with van der Waals surface area (Å²) in [5, 5.41) is 0. The summed E-state index contributed by atoms with van der Waals surface area (Å²) in [6, 6.07) is 15.7. The molecule has 0 atom stereocenters. The van der Waals surface area contributed by atoms with E-state index >= 15 is 0 Å². The Bertz CT molecular complexity index is 627. The van der Waals surface area contributed by atoms with E-state index in [0.29, 0.717) is 12.0 Å². The van der Waals surface area contributed by atoms with Gasteiger partial charge in [0.25, 0.3) is 0 Å². The Morgan fingerprint density at radius 1 is 1.05 bits per heavy atom.